The number of nitro groups is 1. The lowest BCUT2D eigenvalue weighted by atomic mass is 9.87. The molecule has 1 N–H and O–H groups in total. The van der Waals surface area contributed by atoms with Gasteiger partial charge in [-0.15, -0.1) is 11.3 Å². The van der Waals surface area contributed by atoms with Gasteiger partial charge in [-0.25, -0.2) is 4.98 Å². The smallest absolute Gasteiger partial charge is 0.270 e. The first-order chi connectivity index (χ1) is 13.7. The van der Waals surface area contributed by atoms with Gasteiger partial charge in [0.1, 0.15) is 5.75 Å². The van der Waals surface area contributed by atoms with E-state index in [-0.39, 0.29) is 23.6 Å². The molecule has 0 aliphatic carbocycles. The van der Waals surface area contributed by atoms with Crippen LogP contribution in [0.1, 0.15) is 26.3 Å². The number of non-ortho nitro benzene ring substituents is 1. The van der Waals surface area contributed by atoms with Gasteiger partial charge in [-0.05, 0) is 23.1 Å². The van der Waals surface area contributed by atoms with Crippen molar-refractivity contribution in [3.05, 3.63) is 69.6 Å². The first-order valence-electron chi connectivity index (χ1n) is 8.96. The third kappa shape index (κ3) is 5.39. The third-order valence-corrected chi connectivity index (χ3v) is 4.95. The van der Waals surface area contributed by atoms with Crippen LogP contribution in [0.2, 0.25) is 0 Å². The number of benzene rings is 2. The van der Waals surface area contributed by atoms with Crippen molar-refractivity contribution in [1.82, 2.24) is 4.98 Å². The molecule has 0 bridgehead atoms. The van der Waals surface area contributed by atoms with E-state index < -0.39 is 4.92 Å². The van der Waals surface area contributed by atoms with Crippen LogP contribution in [0.4, 0.5) is 10.8 Å². The number of nitro benzene ring substituents is 1. The average Bonchev–Trinajstić information content (AvgIpc) is 3.14. The first kappa shape index (κ1) is 20.5. The van der Waals surface area contributed by atoms with E-state index in [1.165, 1.54) is 29.0 Å². The van der Waals surface area contributed by atoms with Gasteiger partial charge in [0.15, 0.2) is 11.7 Å². The van der Waals surface area contributed by atoms with Crippen molar-refractivity contribution in [1.29, 1.82) is 0 Å². The molecule has 7 nitrogen and oxygen atoms in total. The van der Waals surface area contributed by atoms with E-state index in [9.17, 15) is 14.9 Å². The zero-order chi connectivity index (χ0) is 21.0. The van der Waals surface area contributed by atoms with Crippen LogP contribution >= 0.6 is 11.3 Å². The van der Waals surface area contributed by atoms with Crippen molar-refractivity contribution in [3.8, 4) is 17.0 Å². The Labute approximate surface area is 172 Å². The van der Waals surface area contributed by atoms with E-state index in [2.05, 4.69) is 31.1 Å². The standard InChI is InChI=1S/C21H21N3O4S/c1-21(2,3)15-7-9-17(10-8-15)28-12-19(25)23-20-22-18(13-29-20)14-5-4-6-16(11-14)24(26)27/h4-11,13H,12H2,1-3H3,(H,22,23,25). The van der Waals surface area contributed by atoms with E-state index in [0.29, 0.717) is 22.1 Å². The number of carbonyl (C=O) groups excluding carboxylic acids is 1. The highest BCUT2D eigenvalue weighted by Crippen LogP contribution is 2.27. The van der Waals surface area contributed by atoms with E-state index >= 15 is 0 Å². The molecule has 3 aromatic rings. The highest BCUT2D eigenvalue weighted by Gasteiger charge is 2.14. The second-order valence-corrected chi connectivity index (χ2v) is 8.31. The molecule has 0 aliphatic rings. The van der Waals surface area contributed by atoms with Gasteiger partial charge in [-0.3, -0.25) is 20.2 Å². The molecule has 1 heterocycles. The Morgan fingerprint density at radius 3 is 2.59 bits per heavy atom. The second-order valence-electron chi connectivity index (χ2n) is 7.46. The van der Waals surface area contributed by atoms with E-state index in [4.69, 9.17) is 4.74 Å². The maximum atomic E-state index is 12.1. The minimum Gasteiger partial charge on any atom is -0.484 e. The monoisotopic (exact) mass is 411 g/mol. The fourth-order valence-electron chi connectivity index (χ4n) is 2.60. The van der Waals surface area contributed by atoms with Crippen molar-refractivity contribution < 1.29 is 14.5 Å². The number of aromatic nitrogens is 1. The molecule has 1 aromatic heterocycles. The Kier molecular flexibility index (Phi) is 5.93. The lowest BCUT2D eigenvalue weighted by Gasteiger charge is -2.19. The molecule has 0 fully saturated rings. The molecule has 0 aliphatic heterocycles. The topological polar surface area (TPSA) is 94.4 Å². The molecule has 1 amide bonds. The summed E-state index contributed by atoms with van der Waals surface area (Å²) >= 11 is 1.24. The molecule has 29 heavy (non-hydrogen) atoms. The minimum absolute atomic E-state index is 0.00744. The lowest BCUT2D eigenvalue weighted by Crippen LogP contribution is -2.20. The van der Waals surface area contributed by atoms with Crippen LogP contribution in [-0.4, -0.2) is 22.4 Å². The number of nitrogens with zero attached hydrogens (tertiary/aromatic N) is 2. The van der Waals surface area contributed by atoms with Crippen molar-refractivity contribution in [2.75, 3.05) is 11.9 Å². The summed E-state index contributed by atoms with van der Waals surface area (Å²) in [4.78, 5) is 26.9. The van der Waals surface area contributed by atoms with Crippen LogP contribution in [-0.2, 0) is 10.2 Å². The fourth-order valence-corrected chi connectivity index (χ4v) is 3.33. The quantitative estimate of drug-likeness (QED) is 0.453. The fraction of sp³-hybridized carbons (Fsp3) is 0.238. The maximum absolute atomic E-state index is 12.1. The molecule has 0 saturated carbocycles. The number of hydrogen-bond donors (Lipinski definition) is 1. The van der Waals surface area contributed by atoms with Crippen molar-refractivity contribution in [2.24, 2.45) is 0 Å². The Bertz CT molecular complexity index is 1020. The van der Waals surface area contributed by atoms with Crippen molar-refractivity contribution in [3.63, 3.8) is 0 Å². The maximum Gasteiger partial charge on any atom is 0.270 e. The summed E-state index contributed by atoms with van der Waals surface area (Å²) in [7, 11) is 0. The normalized spacial score (nSPS) is 11.1. The summed E-state index contributed by atoms with van der Waals surface area (Å²) < 4.78 is 5.53. The second kappa shape index (κ2) is 8.40. The largest absolute Gasteiger partial charge is 0.484 e. The van der Waals surface area contributed by atoms with Gasteiger partial charge in [0.2, 0.25) is 0 Å². The van der Waals surface area contributed by atoms with Crippen molar-refractivity contribution >= 4 is 28.1 Å². The minimum atomic E-state index is -0.454. The number of nitrogens with one attached hydrogen (secondary N) is 1. The highest BCUT2D eigenvalue weighted by atomic mass is 32.1. The predicted octanol–water partition coefficient (Wildman–Crippen LogP) is 5.03. The van der Waals surface area contributed by atoms with Gasteiger partial charge in [-0.1, -0.05) is 45.0 Å². The number of rotatable bonds is 6. The number of carbonyl (C=O) groups is 1. The summed E-state index contributed by atoms with van der Waals surface area (Å²) in [5, 5.41) is 15.7. The molecular formula is C21H21N3O4S. The van der Waals surface area contributed by atoms with Gasteiger partial charge in [0, 0.05) is 23.1 Å². The number of amides is 1. The third-order valence-electron chi connectivity index (χ3n) is 4.19. The molecule has 8 heteroatoms. The van der Waals surface area contributed by atoms with Gasteiger partial charge in [0.25, 0.3) is 11.6 Å². The SMILES string of the molecule is CC(C)(C)c1ccc(OCC(=O)Nc2nc(-c3cccc([N+](=O)[O-])c3)cs2)cc1. The van der Waals surface area contributed by atoms with Crippen LogP contribution in [0.25, 0.3) is 11.3 Å². The van der Waals surface area contributed by atoms with Gasteiger partial charge >= 0.3 is 0 Å². The number of anilines is 1. The van der Waals surface area contributed by atoms with Crippen LogP contribution < -0.4 is 10.1 Å². The first-order valence-corrected chi connectivity index (χ1v) is 9.84. The summed E-state index contributed by atoms with van der Waals surface area (Å²) in [6.07, 6.45) is 0. The van der Waals surface area contributed by atoms with Crippen LogP contribution in [0, 0.1) is 10.1 Å². The summed E-state index contributed by atoms with van der Waals surface area (Å²) in [6.45, 7) is 6.26. The van der Waals surface area contributed by atoms with E-state index in [1.54, 1.807) is 17.5 Å². The molecular weight excluding hydrogens is 390 g/mol. The highest BCUT2D eigenvalue weighted by molar-refractivity contribution is 7.14. The average molecular weight is 411 g/mol. The number of thiazole rings is 1. The molecule has 3 rings (SSSR count). The Morgan fingerprint density at radius 1 is 1.21 bits per heavy atom. The summed E-state index contributed by atoms with van der Waals surface area (Å²) in [5.74, 6) is 0.286. The number of hydrogen-bond acceptors (Lipinski definition) is 6. The molecule has 0 unspecified atom stereocenters. The molecule has 0 saturated heterocycles. The zero-order valence-electron chi connectivity index (χ0n) is 16.3. The molecule has 0 atom stereocenters. The Hall–Kier alpha value is -3.26. The van der Waals surface area contributed by atoms with Gasteiger partial charge < -0.3 is 4.74 Å². The Morgan fingerprint density at radius 2 is 1.93 bits per heavy atom. The summed E-state index contributed by atoms with van der Waals surface area (Å²) in [6, 6.07) is 13.9. The molecule has 2 aromatic carbocycles. The van der Waals surface area contributed by atoms with E-state index in [0.717, 1.165) is 0 Å². The molecule has 0 spiro atoms. The Balaban J connectivity index is 1.58. The van der Waals surface area contributed by atoms with Gasteiger partial charge in [-0.2, -0.15) is 0 Å². The zero-order valence-corrected chi connectivity index (χ0v) is 17.2. The van der Waals surface area contributed by atoms with Gasteiger partial charge in [0.05, 0.1) is 10.6 Å². The van der Waals surface area contributed by atoms with Crippen LogP contribution in [0.15, 0.2) is 53.9 Å². The van der Waals surface area contributed by atoms with Crippen LogP contribution in [0.3, 0.4) is 0 Å². The lowest BCUT2D eigenvalue weighted by molar-refractivity contribution is -0.384. The van der Waals surface area contributed by atoms with Crippen molar-refractivity contribution in [2.45, 2.75) is 26.2 Å². The molecule has 0 radical (unpaired) electrons. The molecule has 150 valence electrons. The number of ether oxygens (including phenoxy) is 1. The van der Waals surface area contributed by atoms with E-state index in [1.807, 2.05) is 24.3 Å². The predicted molar refractivity (Wildman–Crippen MR) is 113 cm³/mol. The van der Waals surface area contributed by atoms with Crippen LogP contribution in [0.5, 0.6) is 5.75 Å². The summed E-state index contributed by atoms with van der Waals surface area (Å²) in [5.41, 5.74) is 2.41.